The zero-order valence-corrected chi connectivity index (χ0v) is 19.3. The van der Waals surface area contributed by atoms with Crippen molar-refractivity contribution in [1.82, 2.24) is 10.2 Å². The van der Waals surface area contributed by atoms with Crippen LogP contribution < -0.4 is 29.7 Å². The number of morpholine rings is 1. The molecule has 34 heavy (non-hydrogen) atoms. The highest BCUT2D eigenvalue weighted by Crippen LogP contribution is 2.40. The van der Waals surface area contributed by atoms with E-state index in [-0.39, 0.29) is 0 Å². The Balaban J connectivity index is 1.39. The zero-order valence-electron chi connectivity index (χ0n) is 19.3. The van der Waals surface area contributed by atoms with E-state index >= 15 is 0 Å². The molecular weight excluding hydrogens is 438 g/mol. The van der Waals surface area contributed by atoms with Gasteiger partial charge in [-0.3, -0.25) is 0 Å². The zero-order chi connectivity index (χ0) is 23.9. The Bertz CT molecular complexity index is 1090. The molecule has 178 valence electrons. The lowest BCUT2D eigenvalue weighted by molar-refractivity contribution is 0.122. The number of anilines is 3. The highest BCUT2D eigenvalue weighted by atomic mass is 16.5. The number of methoxy groups -OCH3 is 3. The molecule has 0 saturated carbocycles. The molecule has 1 fully saturated rings. The first-order chi connectivity index (χ1) is 16.6. The predicted octanol–water partition coefficient (Wildman–Crippen LogP) is 3.65. The average molecular weight is 466 g/mol. The van der Waals surface area contributed by atoms with Crippen molar-refractivity contribution in [2.45, 2.75) is 0 Å². The van der Waals surface area contributed by atoms with Crippen molar-refractivity contribution in [3.63, 3.8) is 0 Å². The van der Waals surface area contributed by atoms with Gasteiger partial charge in [0.2, 0.25) is 5.75 Å². The molecule has 0 atom stereocenters. The largest absolute Gasteiger partial charge is 0.493 e. The van der Waals surface area contributed by atoms with Gasteiger partial charge in [-0.25, -0.2) is 4.79 Å². The van der Waals surface area contributed by atoms with Crippen LogP contribution in [0.15, 0.2) is 48.5 Å². The van der Waals surface area contributed by atoms with Crippen molar-refractivity contribution in [3.05, 3.63) is 48.5 Å². The first kappa shape index (κ1) is 23.1. The van der Waals surface area contributed by atoms with Gasteiger partial charge in [-0.1, -0.05) is 12.1 Å². The number of hydrogen-bond donors (Lipinski definition) is 2. The maximum atomic E-state index is 12.5. The van der Waals surface area contributed by atoms with Crippen LogP contribution in [0.2, 0.25) is 0 Å². The second-order valence-corrected chi connectivity index (χ2v) is 7.45. The van der Waals surface area contributed by atoms with Crippen molar-refractivity contribution >= 4 is 23.2 Å². The summed E-state index contributed by atoms with van der Waals surface area (Å²) in [5.41, 5.74) is 2.79. The van der Waals surface area contributed by atoms with E-state index in [4.69, 9.17) is 18.9 Å². The normalized spacial score (nSPS) is 13.2. The fraction of sp³-hybridized carbons (Fsp3) is 0.292. The van der Waals surface area contributed by atoms with E-state index in [1.807, 2.05) is 36.4 Å². The fourth-order valence-corrected chi connectivity index (χ4v) is 3.61. The summed E-state index contributed by atoms with van der Waals surface area (Å²) in [5.74, 6) is 2.19. The van der Waals surface area contributed by atoms with E-state index in [0.717, 1.165) is 30.2 Å². The van der Waals surface area contributed by atoms with Gasteiger partial charge in [0.05, 0.1) is 45.9 Å². The molecular formula is C24H27N5O5. The lowest BCUT2D eigenvalue weighted by Crippen LogP contribution is -2.36. The average Bonchev–Trinajstić information content (AvgIpc) is 2.89. The van der Waals surface area contributed by atoms with Crippen molar-refractivity contribution in [1.29, 1.82) is 0 Å². The monoisotopic (exact) mass is 465 g/mol. The first-order valence-corrected chi connectivity index (χ1v) is 10.8. The van der Waals surface area contributed by atoms with Crippen LogP contribution in [0.5, 0.6) is 17.2 Å². The number of carbonyl (C=O) groups excluding carboxylic acids is 1. The molecule has 2 aromatic carbocycles. The van der Waals surface area contributed by atoms with Gasteiger partial charge >= 0.3 is 6.03 Å². The Morgan fingerprint density at radius 1 is 0.853 bits per heavy atom. The van der Waals surface area contributed by atoms with Crippen LogP contribution in [0.25, 0.3) is 11.3 Å². The minimum atomic E-state index is -0.406. The van der Waals surface area contributed by atoms with Crippen molar-refractivity contribution in [3.8, 4) is 28.5 Å². The highest BCUT2D eigenvalue weighted by Gasteiger charge is 2.15. The number of nitrogens with one attached hydrogen (secondary N) is 2. The van der Waals surface area contributed by atoms with Crippen LogP contribution in [0, 0.1) is 0 Å². The lowest BCUT2D eigenvalue weighted by atomic mass is 10.1. The van der Waals surface area contributed by atoms with Gasteiger partial charge in [-0.15, -0.1) is 10.2 Å². The number of ether oxygens (including phenoxy) is 4. The molecule has 1 saturated heterocycles. The quantitative estimate of drug-likeness (QED) is 0.545. The molecule has 1 aliphatic heterocycles. The molecule has 10 nitrogen and oxygen atoms in total. The SMILES string of the molecule is COc1cc(NC(=O)Nc2ccc(-c3ccc(N4CCOCC4)nn3)cc2)cc(OC)c1OC. The highest BCUT2D eigenvalue weighted by molar-refractivity contribution is 6.00. The summed E-state index contributed by atoms with van der Waals surface area (Å²) in [6, 6.07) is 14.2. The second-order valence-electron chi connectivity index (χ2n) is 7.45. The molecule has 0 unspecified atom stereocenters. The summed E-state index contributed by atoms with van der Waals surface area (Å²) in [5, 5.41) is 14.3. The molecule has 0 aliphatic carbocycles. The minimum absolute atomic E-state index is 0.406. The molecule has 4 rings (SSSR count). The minimum Gasteiger partial charge on any atom is -0.493 e. The Morgan fingerprint density at radius 2 is 1.50 bits per heavy atom. The summed E-state index contributed by atoms with van der Waals surface area (Å²) >= 11 is 0. The van der Waals surface area contributed by atoms with Crippen molar-refractivity contribution < 1.29 is 23.7 Å². The second kappa shape index (κ2) is 10.7. The summed E-state index contributed by atoms with van der Waals surface area (Å²) in [6.45, 7) is 3.02. The number of hydrogen-bond acceptors (Lipinski definition) is 8. The van der Waals surface area contributed by atoms with Gasteiger partial charge in [-0.2, -0.15) is 0 Å². The topological polar surface area (TPSA) is 107 Å². The van der Waals surface area contributed by atoms with Crippen LogP contribution in [0.1, 0.15) is 0 Å². The third-order valence-corrected chi connectivity index (χ3v) is 5.35. The van der Waals surface area contributed by atoms with E-state index in [1.54, 1.807) is 12.1 Å². The Morgan fingerprint density at radius 3 is 2.06 bits per heavy atom. The molecule has 0 spiro atoms. The fourth-order valence-electron chi connectivity index (χ4n) is 3.61. The van der Waals surface area contributed by atoms with Gasteiger partial charge < -0.3 is 34.5 Å². The summed E-state index contributed by atoms with van der Waals surface area (Å²) < 4.78 is 21.3. The standard InChI is InChI=1S/C24H27N5O5/c1-31-20-14-18(15-21(32-2)23(20)33-3)26-24(30)25-17-6-4-16(5-7-17)19-8-9-22(28-27-19)29-10-12-34-13-11-29/h4-9,14-15H,10-13H2,1-3H3,(H2,25,26,30). The smallest absolute Gasteiger partial charge is 0.323 e. The first-order valence-electron chi connectivity index (χ1n) is 10.8. The molecule has 2 amide bonds. The molecule has 0 radical (unpaired) electrons. The molecule has 10 heteroatoms. The maximum Gasteiger partial charge on any atom is 0.323 e. The molecule has 1 aromatic heterocycles. The van der Waals surface area contributed by atoms with Gasteiger partial charge in [0, 0.05) is 36.5 Å². The number of carbonyl (C=O) groups is 1. The molecule has 2 heterocycles. The van der Waals surface area contributed by atoms with Crippen LogP contribution in [0.3, 0.4) is 0 Å². The van der Waals surface area contributed by atoms with Gasteiger partial charge in [0.1, 0.15) is 0 Å². The van der Waals surface area contributed by atoms with Gasteiger partial charge in [0.15, 0.2) is 17.3 Å². The third-order valence-electron chi connectivity index (χ3n) is 5.35. The van der Waals surface area contributed by atoms with Crippen LogP contribution in [0.4, 0.5) is 22.0 Å². The van der Waals surface area contributed by atoms with Crippen LogP contribution in [-0.2, 0) is 4.74 Å². The lowest BCUT2D eigenvalue weighted by Gasteiger charge is -2.27. The third kappa shape index (κ3) is 5.29. The van der Waals surface area contributed by atoms with Crippen LogP contribution in [-0.4, -0.2) is 63.9 Å². The number of rotatable bonds is 7. The maximum absolute atomic E-state index is 12.5. The molecule has 2 N–H and O–H groups in total. The Labute approximate surface area is 197 Å². The van der Waals surface area contributed by atoms with E-state index in [0.29, 0.717) is 41.8 Å². The number of aromatic nitrogens is 2. The Kier molecular flexibility index (Phi) is 7.28. The summed E-state index contributed by atoms with van der Waals surface area (Å²) in [7, 11) is 4.56. The van der Waals surface area contributed by atoms with Gasteiger partial charge in [-0.05, 0) is 24.3 Å². The summed E-state index contributed by atoms with van der Waals surface area (Å²) in [4.78, 5) is 14.7. The Hall–Kier alpha value is -4.05. The van der Waals surface area contributed by atoms with Crippen LogP contribution >= 0.6 is 0 Å². The number of amides is 2. The van der Waals surface area contributed by atoms with Crippen molar-refractivity contribution in [2.75, 3.05) is 63.2 Å². The summed E-state index contributed by atoms with van der Waals surface area (Å²) in [6.07, 6.45) is 0. The molecule has 1 aliphatic rings. The predicted molar refractivity (Wildman–Crippen MR) is 129 cm³/mol. The van der Waals surface area contributed by atoms with E-state index in [1.165, 1.54) is 21.3 Å². The number of urea groups is 1. The molecule has 0 bridgehead atoms. The van der Waals surface area contributed by atoms with Gasteiger partial charge in [0.25, 0.3) is 0 Å². The van der Waals surface area contributed by atoms with E-state index < -0.39 is 6.03 Å². The van der Waals surface area contributed by atoms with E-state index in [2.05, 4.69) is 25.7 Å². The number of benzene rings is 2. The van der Waals surface area contributed by atoms with Crippen molar-refractivity contribution in [2.24, 2.45) is 0 Å². The molecule has 3 aromatic rings. The van der Waals surface area contributed by atoms with E-state index in [9.17, 15) is 4.79 Å². The number of nitrogens with zero attached hydrogens (tertiary/aromatic N) is 3.